The first kappa shape index (κ1) is 12.5. The first-order chi connectivity index (χ1) is 7.09. The molecule has 1 aliphatic rings. The first-order valence-corrected chi connectivity index (χ1v) is 5.67. The van der Waals surface area contributed by atoms with Crippen LogP contribution in [0.3, 0.4) is 0 Å². The summed E-state index contributed by atoms with van der Waals surface area (Å²) in [5.74, 6) is -0.707. The van der Waals surface area contributed by atoms with E-state index in [4.69, 9.17) is 9.84 Å². The fraction of sp³-hybridized carbons (Fsp3) is 0.909. The van der Waals surface area contributed by atoms with Crippen molar-refractivity contribution in [2.75, 3.05) is 19.7 Å². The van der Waals surface area contributed by atoms with Crippen molar-refractivity contribution < 1.29 is 14.6 Å². The number of hydrogen-bond donors (Lipinski definition) is 1. The van der Waals surface area contributed by atoms with Gasteiger partial charge in [0.1, 0.15) is 0 Å². The fourth-order valence-electron chi connectivity index (χ4n) is 1.94. The van der Waals surface area contributed by atoms with Gasteiger partial charge >= 0.3 is 5.97 Å². The normalized spacial score (nSPS) is 25.9. The van der Waals surface area contributed by atoms with E-state index in [1.807, 2.05) is 0 Å². The summed E-state index contributed by atoms with van der Waals surface area (Å²) in [4.78, 5) is 12.8. The highest BCUT2D eigenvalue weighted by Gasteiger charge is 2.20. The van der Waals surface area contributed by atoms with Gasteiger partial charge in [-0.3, -0.25) is 9.69 Å². The van der Waals surface area contributed by atoms with Crippen LogP contribution in [0.25, 0.3) is 0 Å². The van der Waals surface area contributed by atoms with E-state index in [1.54, 1.807) is 0 Å². The SMILES string of the molecule is CC1CN(C(C)CCC(=O)O)CCCO1. The van der Waals surface area contributed by atoms with Crippen LogP contribution in [-0.4, -0.2) is 47.8 Å². The summed E-state index contributed by atoms with van der Waals surface area (Å²) in [6.45, 7) is 6.93. The smallest absolute Gasteiger partial charge is 0.303 e. The standard InChI is InChI=1S/C11H21NO3/c1-9(4-5-11(13)14)12-6-3-7-15-10(2)8-12/h9-10H,3-8H2,1-2H3,(H,13,14). The Hall–Kier alpha value is -0.610. The Bertz CT molecular complexity index is 208. The van der Waals surface area contributed by atoms with Gasteiger partial charge in [0.2, 0.25) is 0 Å². The van der Waals surface area contributed by atoms with Gasteiger partial charge in [-0.15, -0.1) is 0 Å². The zero-order chi connectivity index (χ0) is 11.3. The molecule has 1 N–H and O–H groups in total. The second-order valence-electron chi connectivity index (χ2n) is 4.31. The van der Waals surface area contributed by atoms with Crippen molar-refractivity contribution in [1.82, 2.24) is 4.90 Å². The summed E-state index contributed by atoms with van der Waals surface area (Å²) in [6, 6.07) is 0.338. The van der Waals surface area contributed by atoms with E-state index in [0.717, 1.165) is 32.5 Å². The van der Waals surface area contributed by atoms with Crippen molar-refractivity contribution in [1.29, 1.82) is 0 Å². The van der Waals surface area contributed by atoms with Crippen LogP contribution >= 0.6 is 0 Å². The van der Waals surface area contributed by atoms with E-state index in [0.29, 0.717) is 6.04 Å². The van der Waals surface area contributed by atoms with Crippen LogP contribution in [0, 0.1) is 0 Å². The molecule has 0 aromatic rings. The van der Waals surface area contributed by atoms with Crippen LogP contribution in [-0.2, 0) is 9.53 Å². The molecule has 1 rings (SSSR count). The second kappa shape index (κ2) is 6.08. The maximum atomic E-state index is 10.5. The van der Waals surface area contributed by atoms with Crippen LogP contribution < -0.4 is 0 Å². The third-order valence-electron chi connectivity index (χ3n) is 2.88. The predicted octanol–water partition coefficient (Wildman–Crippen LogP) is 1.35. The number of nitrogens with zero attached hydrogens (tertiary/aromatic N) is 1. The van der Waals surface area contributed by atoms with Gasteiger partial charge in [-0.05, 0) is 26.7 Å². The van der Waals surface area contributed by atoms with E-state index >= 15 is 0 Å². The molecule has 4 nitrogen and oxygen atoms in total. The van der Waals surface area contributed by atoms with Crippen LogP contribution in [0.1, 0.15) is 33.1 Å². The predicted molar refractivity (Wildman–Crippen MR) is 57.9 cm³/mol. The van der Waals surface area contributed by atoms with Crippen LogP contribution in [0.5, 0.6) is 0 Å². The van der Waals surface area contributed by atoms with Crippen molar-refractivity contribution in [2.24, 2.45) is 0 Å². The van der Waals surface area contributed by atoms with Crippen LogP contribution in [0.2, 0.25) is 0 Å². The number of rotatable bonds is 4. The molecule has 0 aliphatic carbocycles. The van der Waals surface area contributed by atoms with Crippen molar-refractivity contribution in [3.63, 3.8) is 0 Å². The molecule has 0 radical (unpaired) electrons. The Morgan fingerprint density at radius 3 is 3.07 bits per heavy atom. The maximum absolute atomic E-state index is 10.5. The molecular formula is C11H21NO3. The average Bonchev–Trinajstić information content (AvgIpc) is 2.39. The highest BCUT2D eigenvalue weighted by Crippen LogP contribution is 2.12. The van der Waals surface area contributed by atoms with Gasteiger partial charge in [0.05, 0.1) is 6.10 Å². The minimum atomic E-state index is -0.707. The molecule has 4 heteroatoms. The number of ether oxygens (including phenoxy) is 1. The minimum absolute atomic E-state index is 0.257. The molecule has 0 aromatic heterocycles. The average molecular weight is 215 g/mol. The Morgan fingerprint density at radius 2 is 2.40 bits per heavy atom. The van der Waals surface area contributed by atoms with Crippen molar-refractivity contribution in [2.45, 2.75) is 45.3 Å². The highest BCUT2D eigenvalue weighted by atomic mass is 16.5. The van der Waals surface area contributed by atoms with Gasteiger partial charge in [0.25, 0.3) is 0 Å². The largest absolute Gasteiger partial charge is 0.481 e. The molecule has 2 unspecified atom stereocenters. The molecular weight excluding hydrogens is 194 g/mol. The van der Waals surface area contributed by atoms with Crippen molar-refractivity contribution in [3.05, 3.63) is 0 Å². The zero-order valence-corrected chi connectivity index (χ0v) is 9.61. The van der Waals surface area contributed by atoms with E-state index < -0.39 is 5.97 Å². The van der Waals surface area contributed by atoms with Gasteiger partial charge in [0.15, 0.2) is 0 Å². The molecule has 0 saturated carbocycles. The molecule has 1 heterocycles. The topological polar surface area (TPSA) is 49.8 Å². The molecule has 88 valence electrons. The number of hydrogen-bond acceptors (Lipinski definition) is 3. The number of aliphatic carboxylic acids is 1. The summed E-state index contributed by atoms with van der Waals surface area (Å²) >= 11 is 0. The lowest BCUT2D eigenvalue weighted by atomic mass is 10.1. The molecule has 0 spiro atoms. The second-order valence-corrected chi connectivity index (χ2v) is 4.31. The molecule has 1 fully saturated rings. The van der Waals surface area contributed by atoms with Gasteiger partial charge < -0.3 is 9.84 Å². The third-order valence-corrected chi connectivity index (χ3v) is 2.88. The van der Waals surface area contributed by atoms with Gasteiger partial charge in [0, 0.05) is 32.2 Å². The number of carboxylic acids is 1. The van der Waals surface area contributed by atoms with E-state index in [1.165, 1.54) is 0 Å². The summed E-state index contributed by atoms with van der Waals surface area (Å²) in [6.07, 6.45) is 2.29. The lowest BCUT2D eigenvalue weighted by Crippen LogP contribution is -2.37. The molecule has 15 heavy (non-hydrogen) atoms. The van der Waals surface area contributed by atoms with E-state index in [-0.39, 0.29) is 12.5 Å². The zero-order valence-electron chi connectivity index (χ0n) is 9.61. The molecule has 0 aromatic carbocycles. The Morgan fingerprint density at radius 1 is 1.67 bits per heavy atom. The van der Waals surface area contributed by atoms with Crippen molar-refractivity contribution >= 4 is 5.97 Å². The van der Waals surface area contributed by atoms with E-state index in [9.17, 15) is 4.79 Å². The Balaban J connectivity index is 2.35. The van der Waals surface area contributed by atoms with Gasteiger partial charge in [-0.25, -0.2) is 0 Å². The maximum Gasteiger partial charge on any atom is 0.303 e. The molecule has 0 amide bonds. The van der Waals surface area contributed by atoms with Crippen LogP contribution in [0.15, 0.2) is 0 Å². The lowest BCUT2D eigenvalue weighted by Gasteiger charge is -2.28. The summed E-state index contributed by atoms with van der Waals surface area (Å²) in [7, 11) is 0. The van der Waals surface area contributed by atoms with Gasteiger partial charge in [-0.2, -0.15) is 0 Å². The van der Waals surface area contributed by atoms with Gasteiger partial charge in [-0.1, -0.05) is 0 Å². The summed E-state index contributed by atoms with van der Waals surface area (Å²) < 4.78 is 5.55. The molecule has 0 bridgehead atoms. The Kier molecular flexibility index (Phi) is 5.05. The summed E-state index contributed by atoms with van der Waals surface area (Å²) in [5, 5.41) is 8.63. The monoisotopic (exact) mass is 215 g/mol. The van der Waals surface area contributed by atoms with E-state index in [2.05, 4.69) is 18.7 Å². The Labute approximate surface area is 91.2 Å². The summed E-state index contributed by atoms with van der Waals surface area (Å²) in [5.41, 5.74) is 0. The quantitative estimate of drug-likeness (QED) is 0.769. The lowest BCUT2D eigenvalue weighted by molar-refractivity contribution is -0.137. The minimum Gasteiger partial charge on any atom is -0.481 e. The number of carbonyl (C=O) groups is 1. The molecule has 1 saturated heterocycles. The first-order valence-electron chi connectivity index (χ1n) is 5.67. The van der Waals surface area contributed by atoms with Crippen LogP contribution in [0.4, 0.5) is 0 Å². The fourth-order valence-corrected chi connectivity index (χ4v) is 1.94. The van der Waals surface area contributed by atoms with Crippen molar-refractivity contribution in [3.8, 4) is 0 Å². The highest BCUT2D eigenvalue weighted by molar-refractivity contribution is 5.66. The number of carboxylic acid groups (broad SMARTS) is 1. The third kappa shape index (κ3) is 4.62. The molecule has 2 atom stereocenters. The molecule has 1 aliphatic heterocycles.